The van der Waals surface area contributed by atoms with E-state index in [9.17, 15) is 13.6 Å². The van der Waals surface area contributed by atoms with Crippen molar-refractivity contribution in [1.82, 2.24) is 0 Å². The zero-order valence-corrected chi connectivity index (χ0v) is 12.8. The van der Waals surface area contributed by atoms with Gasteiger partial charge in [0, 0.05) is 27.0 Å². The van der Waals surface area contributed by atoms with Gasteiger partial charge in [-0.15, -0.1) is 0 Å². The summed E-state index contributed by atoms with van der Waals surface area (Å²) in [6.45, 7) is 0. The Labute approximate surface area is 125 Å². The van der Waals surface area contributed by atoms with Gasteiger partial charge < -0.3 is 0 Å². The Morgan fingerprint density at radius 3 is 2.21 bits per heavy atom. The Bertz CT molecular complexity index is 621. The maximum absolute atomic E-state index is 13.0. The number of halogens is 4. The van der Waals surface area contributed by atoms with E-state index in [1.807, 2.05) is 0 Å². The van der Waals surface area contributed by atoms with Crippen LogP contribution in [0.4, 0.5) is 8.78 Å². The van der Waals surface area contributed by atoms with Crippen LogP contribution in [0, 0.1) is 11.6 Å². The lowest BCUT2D eigenvalue weighted by Gasteiger charge is -2.05. The normalized spacial score (nSPS) is 10.5. The molecule has 0 amide bonds. The number of rotatable bonds is 3. The Balaban J connectivity index is 2.25. The maximum Gasteiger partial charge on any atom is 0.168 e. The molecule has 0 spiro atoms. The minimum Gasteiger partial charge on any atom is -0.294 e. The Kier molecular flexibility index (Phi) is 4.47. The monoisotopic (exact) mass is 388 g/mol. The molecule has 0 aliphatic carbocycles. The predicted molar refractivity (Wildman–Crippen MR) is 76.2 cm³/mol. The molecule has 5 heteroatoms. The second-order valence-corrected chi connectivity index (χ2v) is 5.77. The second-order valence-electron chi connectivity index (χ2n) is 4.00. The number of hydrogen-bond donors (Lipinski definition) is 0. The van der Waals surface area contributed by atoms with E-state index in [-0.39, 0.29) is 12.2 Å². The van der Waals surface area contributed by atoms with Gasteiger partial charge in [0.25, 0.3) is 0 Å². The van der Waals surface area contributed by atoms with Gasteiger partial charge in [0.05, 0.1) is 0 Å². The topological polar surface area (TPSA) is 17.1 Å². The van der Waals surface area contributed by atoms with Crippen LogP contribution in [0.5, 0.6) is 0 Å². The van der Waals surface area contributed by atoms with Gasteiger partial charge in [0.2, 0.25) is 0 Å². The summed E-state index contributed by atoms with van der Waals surface area (Å²) in [5.41, 5.74) is 0.796. The quantitative estimate of drug-likeness (QED) is 0.681. The van der Waals surface area contributed by atoms with E-state index < -0.39 is 11.6 Å². The number of ketones is 1. The van der Waals surface area contributed by atoms with Crippen molar-refractivity contribution >= 4 is 37.6 Å². The molecule has 0 radical (unpaired) electrons. The Morgan fingerprint density at radius 2 is 1.63 bits per heavy atom. The summed E-state index contributed by atoms with van der Waals surface area (Å²) in [5, 5.41) is 0. The lowest BCUT2D eigenvalue weighted by molar-refractivity contribution is 0.0992. The third-order valence-corrected chi connectivity index (χ3v) is 3.67. The lowest BCUT2D eigenvalue weighted by atomic mass is 10.0. The molecule has 19 heavy (non-hydrogen) atoms. The first-order valence-electron chi connectivity index (χ1n) is 5.39. The van der Waals surface area contributed by atoms with Crippen molar-refractivity contribution in [3.63, 3.8) is 0 Å². The molecule has 0 heterocycles. The van der Waals surface area contributed by atoms with Crippen LogP contribution in [-0.4, -0.2) is 5.78 Å². The number of hydrogen-bond acceptors (Lipinski definition) is 1. The SMILES string of the molecule is O=C(Cc1cc(F)cc(F)c1)c1ccc(Br)cc1Br. The molecule has 0 saturated heterocycles. The van der Waals surface area contributed by atoms with Crippen molar-refractivity contribution in [2.45, 2.75) is 6.42 Å². The van der Waals surface area contributed by atoms with E-state index in [1.165, 1.54) is 0 Å². The first-order valence-corrected chi connectivity index (χ1v) is 6.97. The van der Waals surface area contributed by atoms with Crippen LogP contribution >= 0.6 is 31.9 Å². The standard InChI is InChI=1S/C14H8Br2F2O/c15-9-1-2-12(13(16)6-9)14(19)5-8-3-10(17)7-11(18)4-8/h1-4,6-7H,5H2. The molecule has 2 aromatic rings. The molecule has 0 N–H and O–H groups in total. The van der Waals surface area contributed by atoms with E-state index in [2.05, 4.69) is 31.9 Å². The molecule has 1 nitrogen and oxygen atoms in total. The molecule has 0 aliphatic rings. The van der Waals surface area contributed by atoms with Crippen molar-refractivity contribution in [2.24, 2.45) is 0 Å². The van der Waals surface area contributed by atoms with Crippen molar-refractivity contribution in [3.8, 4) is 0 Å². The molecule has 0 saturated carbocycles. The van der Waals surface area contributed by atoms with Gasteiger partial charge in [0.1, 0.15) is 11.6 Å². The van der Waals surface area contributed by atoms with Crippen LogP contribution < -0.4 is 0 Å². The van der Waals surface area contributed by atoms with Gasteiger partial charge in [0.15, 0.2) is 5.78 Å². The van der Waals surface area contributed by atoms with Gasteiger partial charge in [-0.25, -0.2) is 8.78 Å². The van der Waals surface area contributed by atoms with Crippen LogP contribution in [0.2, 0.25) is 0 Å². The zero-order chi connectivity index (χ0) is 14.0. The first kappa shape index (κ1) is 14.3. The first-order chi connectivity index (χ1) is 8.95. The number of carbonyl (C=O) groups is 1. The summed E-state index contributed by atoms with van der Waals surface area (Å²) in [6.07, 6.45) is -0.0467. The number of carbonyl (C=O) groups excluding carboxylic acids is 1. The highest BCUT2D eigenvalue weighted by Gasteiger charge is 2.12. The third kappa shape index (κ3) is 3.70. The molecule has 0 aromatic heterocycles. The van der Waals surface area contributed by atoms with Crippen molar-refractivity contribution in [1.29, 1.82) is 0 Å². The smallest absolute Gasteiger partial charge is 0.168 e. The van der Waals surface area contributed by atoms with Crippen molar-refractivity contribution < 1.29 is 13.6 Å². The molecule has 0 atom stereocenters. The van der Waals surface area contributed by atoms with Crippen LogP contribution in [-0.2, 0) is 6.42 Å². The van der Waals surface area contributed by atoms with Crippen LogP contribution in [0.15, 0.2) is 45.3 Å². The van der Waals surface area contributed by atoms with Gasteiger partial charge in [-0.2, -0.15) is 0 Å². The molecule has 0 unspecified atom stereocenters. The van der Waals surface area contributed by atoms with E-state index in [1.54, 1.807) is 18.2 Å². The van der Waals surface area contributed by atoms with E-state index in [0.29, 0.717) is 15.6 Å². The largest absolute Gasteiger partial charge is 0.294 e. The lowest BCUT2D eigenvalue weighted by Crippen LogP contribution is -2.05. The zero-order valence-electron chi connectivity index (χ0n) is 9.59. The molecule has 2 aromatic carbocycles. The Hall–Kier alpha value is -1.07. The summed E-state index contributed by atoms with van der Waals surface area (Å²) in [6, 6.07) is 8.25. The Morgan fingerprint density at radius 1 is 1.00 bits per heavy atom. The minimum absolute atomic E-state index is 0.0467. The average molecular weight is 390 g/mol. The maximum atomic E-state index is 13.0. The van der Waals surface area contributed by atoms with Crippen LogP contribution in [0.25, 0.3) is 0 Å². The van der Waals surface area contributed by atoms with Gasteiger partial charge in [-0.3, -0.25) is 4.79 Å². The van der Waals surface area contributed by atoms with Crippen LogP contribution in [0.1, 0.15) is 15.9 Å². The van der Waals surface area contributed by atoms with Gasteiger partial charge >= 0.3 is 0 Å². The summed E-state index contributed by atoms with van der Waals surface area (Å²) in [4.78, 5) is 12.1. The molecule has 98 valence electrons. The molecule has 0 fully saturated rings. The highest BCUT2D eigenvalue weighted by molar-refractivity contribution is 9.11. The van der Waals surface area contributed by atoms with Gasteiger partial charge in [-0.1, -0.05) is 31.9 Å². The minimum atomic E-state index is -0.683. The average Bonchev–Trinajstić information content (AvgIpc) is 2.26. The molecular weight excluding hydrogens is 382 g/mol. The third-order valence-electron chi connectivity index (χ3n) is 2.52. The highest BCUT2D eigenvalue weighted by Crippen LogP contribution is 2.23. The predicted octanol–water partition coefficient (Wildman–Crippen LogP) is 4.92. The summed E-state index contributed by atoms with van der Waals surface area (Å²) < 4.78 is 27.6. The summed E-state index contributed by atoms with van der Waals surface area (Å²) in [7, 11) is 0. The molecule has 0 aliphatic heterocycles. The molecular formula is C14H8Br2F2O. The molecule has 2 rings (SSSR count). The highest BCUT2D eigenvalue weighted by atomic mass is 79.9. The number of benzene rings is 2. The second kappa shape index (κ2) is 5.92. The molecule has 0 bridgehead atoms. The van der Waals surface area contributed by atoms with E-state index >= 15 is 0 Å². The fraction of sp³-hybridized carbons (Fsp3) is 0.0714. The van der Waals surface area contributed by atoms with Crippen molar-refractivity contribution in [3.05, 3.63) is 68.1 Å². The van der Waals surface area contributed by atoms with E-state index in [4.69, 9.17) is 0 Å². The fourth-order valence-electron chi connectivity index (χ4n) is 1.71. The fourth-order valence-corrected chi connectivity index (χ4v) is 2.98. The number of Topliss-reactive ketones (excluding diaryl/α,β-unsaturated/α-hetero) is 1. The summed E-state index contributed by atoms with van der Waals surface area (Å²) >= 11 is 6.58. The van der Waals surface area contributed by atoms with Gasteiger partial charge in [-0.05, 0) is 35.9 Å². The van der Waals surface area contributed by atoms with Crippen molar-refractivity contribution in [2.75, 3.05) is 0 Å². The van der Waals surface area contributed by atoms with E-state index in [0.717, 1.165) is 22.7 Å². The van der Waals surface area contributed by atoms with Crippen LogP contribution in [0.3, 0.4) is 0 Å². The summed E-state index contributed by atoms with van der Waals surface area (Å²) in [5.74, 6) is -1.57.